The minimum absolute atomic E-state index is 0. The number of alkyl carbamates (subject to hydrolysis) is 1. The SMILES string of the molecule is C[C@H](N)C1=NC=C(C(F)(F)F)C1.C[C@H](NC(=O)OC(C)(C)C)C1=NC=C(C(F)(F)F)C1.Cl. The van der Waals surface area contributed by atoms with Gasteiger partial charge in [-0.2, -0.15) is 26.3 Å². The van der Waals surface area contributed by atoms with E-state index in [2.05, 4.69) is 15.3 Å². The maximum atomic E-state index is 12.4. The lowest BCUT2D eigenvalue weighted by molar-refractivity contribution is -0.0931. The van der Waals surface area contributed by atoms with Gasteiger partial charge in [0.25, 0.3) is 0 Å². The Morgan fingerprint density at radius 1 is 0.969 bits per heavy atom. The standard InChI is InChI=1S/C12H17F3N2O2.C7H9F3N2.ClH/c1-7(17-10(18)19-11(2,3)4)9-5-8(6-16-9)12(13,14)15;1-4(11)6-2-5(3-12-6)7(8,9)10;/h6-7H,5H2,1-4H3,(H,17,18);3-4H,2,11H2,1H3;1H/t7-;4-;/m00./s1. The number of carbonyl (C=O) groups is 1. The van der Waals surface area contributed by atoms with Crippen molar-refractivity contribution < 1.29 is 35.9 Å². The summed E-state index contributed by atoms with van der Waals surface area (Å²) < 4.78 is 78.3. The molecule has 0 bridgehead atoms. The maximum Gasteiger partial charge on any atom is 0.414 e. The van der Waals surface area contributed by atoms with Gasteiger partial charge in [-0.3, -0.25) is 9.98 Å². The predicted molar refractivity (Wildman–Crippen MR) is 112 cm³/mol. The number of ether oxygens (including phenoxy) is 1. The second kappa shape index (κ2) is 11.2. The molecular weight excluding hydrogens is 466 g/mol. The summed E-state index contributed by atoms with van der Waals surface area (Å²) in [4.78, 5) is 18.8. The zero-order chi connectivity index (χ0) is 24.2. The number of halogens is 7. The third-order valence-corrected chi connectivity index (χ3v) is 4.00. The second-order valence-corrected chi connectivity index (χ2v) is 8.06. The summed E-state index contributed by atoms with van der Waals surface area (Å²) >= 11 is 0. The van der Waals surface area contributed by atoms with Crippen LogP contribution in [0.2, 0.25) is 0 Å². The van der Waals surface area contributed by atoms with Crippen molar-refractivity contribution in [3.05, 3.63) is 23.5 Å². The van der Waals surface area contributed by atoms with Crippen molar-refractivity contribution in [2.45, 2.75) is 77.5 Å². The number of allylic oxidation sites excluding steroid dienone is 2. The minimum Gasteiger partial charge on any atom is -0.444 e. The Morgan fingerprint density at radius 2 is 1.38 bits per heavy atom. The molecule has 1 amide bonds. The van der Waals surface area contributed by atoms with Crippen LogP contribution in [-0.2, 0) is 4.74 Å². The highest BCUT2D eigenvalue weighted by molar-refractivity contribution is 5.95. The number of nitrogens with one attached hydrogen (secondary N) is 1. The lowest BCUT2D eigenvalue weighted by Crippen LogP contribution is -2.41. The Morgan fingerprint density at radius 3 is 1.69 bits per heavy atom. The van der Waals surface area contributed by atoms with Gasteiger partial charge < -0.3 is 15.8 Å². The molecule has 2 aliphatic rings. The number of carbonyl (C=O) groups excluding carboxylic acids is 1. The van der Waals surface area contributed by atoms with E-state index in [9.17, 15) is 31.1 Å². The van der Waals surface area contributed by atoms with Gasteiger partial charge in [-0.25, -0.2) is 4.79 Å². The molecule has 0 spiro atoms. The molecule has 2 aliphatic heterocycles. The Kier molecular flexibility index (Phi) is 10.4. The van der Waals surface area contributed by atoms with Crippen molar-refractivity contribution in [1.82, 2.24) is 5.32 Å². The van der Waals surface area contributed by atoms with Crippen LogP contribution in [0.5, 0.6) is 0 Å². The van der Waals surface area contributed by atoms with Crippen molar-refractivity contribution in [2.75, 3.05) is 0 Å². The van der Waals surface area contributed by atoms with E-state index in [0.29, 0.717) is 5.71 Å². The van der Waals surface area contributed by atoms with Crippen LogP contribution in [0, 0.1) is 0 Å². The molecule has 2 rings (SSSR count). The third-order valence-electron chi connectivity index (χ3n) is 4.00. The molecule has 2 heterocycles. The number of rotatable bonds is 3. The highest BCUT2D eigenvalue weighted by atomic mass is 35.5. The molecule has 184 valence electrons. The first-order valence-corrected chi connectivity index (χ1v) is 9.31. The molecule has 0 saturated carbocycles. The number of nitrogens with two attached hydrogens (primary N) is 1. The van der Waals surface area contributed by atoms with Gasteiger partial charge in [-0.15, -0.1) is 12.4 Å². The highest BCUT2D eigenvalue weighted by Gasteiger charge is 2.38. The van der Waals surface area contributed by atoms with E-state index in [1.165, 1.54) is 0 Å². The van der Waals surface area contributed by atoms with E-state index in [4.69, 9.17) is 10.5 Å². The molecule has 2 atom stereocenters. The first-order valence-electron chi connectivity index (χ1n) is 9.31. The largest absolute Gasteiger partial charge is 0.444 e. The van der Waals surface area contributed by atoms with Gasteiger partial charge in [-0.05, 0) is 34.6 Å². The highest BCUT2D eigenvalue weighted by Crippen LogP contribution is 2.32. The minimum atomic E-state index is -4.38. The van der Waals surface area contributed by atoms with Gasteiger partial charge in [0, 0.05) is 42.7 Å². The number of hydrogen-bond acceptors (Lipinski definition) is 5. The summed E-state index contributed by atoms with van der Waals surface area (Å²) in [5.74, 6) is 0. The van der Waals surface area contributed by atoms with E-state index in [1.54, 1.807) is 34.6 Å². The van der Waals surface area contributed by atoms with Gasteiger partial charge in [-0.1, -0.05) is 0 Å². The van der Waals surface area contributed by atoms with Crippen LogP contribution in [-0.4, -0.2) is 47.6 Å². The lowest BCUT2D eigenvalue weighted by Gasteiger charge is -2.22. The van der Waals surface area contributed by atoms with Crippen molar-refractivity contribution in [3.63, 3.8) is 0 Å². The summed E-state index contributed by atoms with van der Waals surface area (Å²) in [5.41, 5.74) is 4.04. The fourth-order valence-corrected chi connectivity index (χ4v) is 2.35. The molecule has 13 heteroatoms. The number of amides is 1. The van der Waals surface area contributed by atoms with E-state index in [1.807, 2.05) is 0 Å². The van der Waals surface area contributed by atoms with E-state index < -0.39 is 47.3 Å². The molecule has 0 radical (unpaired) electrons. The summed E-state index contributed by atoms with van der Waals surface area (Å²) in [6.45, 7) is 8.29. The number of alkyl halides is 6. The van der Waals surface area contributed by atoms with E-state index >= 15 is 0 Å². The monoisotopic (exact) mass is 492 g/mol. The quantitative estimate of drug-likeness (QED) is 0.528. The molecule has 32 heavy (non-hydrogen) atoms. The van der Waals surface area contributed by atoms with Gasteiger partial charge in [0.1, 0.15) is 5.60 Å². The molecule has 3 N–H and O–H groups in total. The van der Waals surface area contributed by atoms with Crippen LogP contribution >= 0.6 is 12.4 Å². The fourth-order valence-electron chi connectivity index (χ4n) is 2.35. The van der Waals surface area contributed by atoms with Crippen LogP contribution in [0.15, 0.2) is 33.5 Å². The van der Waals surface area contributed by atoms with E-state index in [0.717, 1.165) is 12.4 Å². The summed E-state index contributed by atoms with van der Waals surface area (Å²) in [5, 5.41) is 2.46. The number of aliphatic imine (C=N–C) groups is 2. The molecule has 0 aromatic heterocycles. The third kappa shape index (κ3) is 10.0. The smallest absolute Gasteiger partial charge is 0.414 e. The molecule has 0 fully saturated rings. The summed E-state index contributed by atoms with van der Waals surface area (Å²) in [7, 11) is 0. The second-order valence-electron chi connectivity index (χ2n) is 8.06. The van der Waals surface area contributed by atoms with Crippen LogP contribution in [0.4, 0.5) is 31.1 Å². The average molecular weight is 493 g/mol. The van der Waals surface area contributed by atoms with Gasteiger partial charge >= 0.3 is 18.4 Å². The van der Waals surface area contributed by atoms with E-state index in [-0.39, 0.29) is 31.0 Å². The van der Waals surface area contributed by atoms with Crippen LogP contribution < -0.4 is 11.1 Å². The Labute approximate surface area is 188 Å². The van der Waals surface area contributed by atoms with Crippen LogP contribution in [0.1, 0.15) is 47.5 Å². The van der Waals surface area contributed by atoms with Crippen molar-refractivity contribution in [2.24, 2.45) is 15.7 Å². The molecule has 0 aliphatic carbocycles. The molecule has 6 nitrogen and oxygen atoms in total. The Hall–Kier alpha value is -2.08. The maximum absolute atomic E-state index is 12.4. The summed E-state index contributed by atoms with van der Waals surface area (Å²) in [6.07, 6.45) is -8.15. The molecular formula is C19H27ClF6N4O2. The van der Waals surface area contributed by atoms with Crippen molar-refractivity contribution >= 4 is 29.9 Å². The van der Waals surface area contributed by atoms with Crippen LogP contribution in [0.25, 0.3) is 0 Å². The van der Waals surface area contributed by atoms with Gasteiger partial charge in [0.15, 0.2) is 0 Å². The normalized spacial score (nSPS) is 18.1. The average Bonchev–Trinajstić information content (AvgIpc) is 3.22. The molecule has 0 unspecified atom stereocenters. The number of nitrogens with zero attached hydrogens (tertiary/aromatic N) is 2. The first kappa shape index (κ1) is 29.9. The van der Waals surface area contributed by atoms with Gasteiger partial charge in [0.2, 0.25) is 0 Å². The lowest BCUT2D eigenvalue weighted by atomic mass is 10.1. The molecule has 0 aromatic carbocycles. The van der Waals surface area contributed by atoms with Crippen LogP contribution in [0.3, 0.4) is 0 Å². The predicted octanol–water partition coefficient (Wildman–Crippen LogP) is 5.24. The Bertz CT molecular complexity index is 793. The summed E-state index contributed by atoms with van der Waals surface area (Å²) in [6, 6.07) is -1.01. The number of hydrogen-bond donors (Lipinski definition) is 2. The molecule has 0 saturated heterocycles. The topological polar surface area (TPSA) is 89.1 Å². The zero-order valence-electron chi connectivity index (χ0n) is 18.2. The van der Waals surface area contributed by atoms with Crippen molar-refractivity contribution in [3.8, 4) is 0 Å². The molecule has 0 aromatic rings. The van der Waals surface area contributed by atoms with Gasteiger partial charge in [0.05, 0.1) is 17.2 Å². The van der Waals surface area contributed by atoms with Crippen molar-refractivity contribution in [1.29, 1.82) is 0 Å². The fraction of sp³-hybridized carbons (Fsp3) is 0.632. The first-order chi connectivity index (χ1) is 13.9. The zero-order valence-corrected chi connectivity index (χ0v) is 19.0. The Balaban J connectivity index is 0.000000639.